The van der Waals surface area contributed by atoms with Gasteiger partial charge in [0.25, 0.3) is 0 Å². The van der Waals surface area contributed by atoms with E-state index in [1.807, 2.05) is 24.3 Å². The van der Waals surface area contributed by atoms with Gasteiger partial charge in [-0.3, -0.25) is 19.9 Å². The summed E-state index contributed by atoms with van der Waals surface area (Å²) in [5.41, 5.74) is -2.06. The summed E-state index contributed by atoms with van der Waals surface area (Å²) in [6.45, 7) is 5.51. The Morgan fingerprint density at radius 3 is 0.758 bits per heavy atom. The molecule has 4 fully saturated rings. The summed E-state index contributed by atoms with van der Waals surface area (Å²) in [7, 11) is 0. The van der Waals surface area contributed by atoms with Crippen molar-refractivity contribution in [3.8, 4) is 0 Å². The molecule has 0 amide bonds. The average molecular weight is 1000 g/mol. The zero-order valence-corrected chi connectivity index (χ0v) is 38.4. The minimum atomic E-state index is -1.49. The van der Waals surface area contributed by atoms with Crippen molar-refractivity contribution in [1.82, 2.24) is 19.9 Å². The Hall–Kier alpha value is -5.32. The van der Waals surface area contributed by atoms with Gasteiger partial charge in [0, 0.05) is 68.0 Å². The van der Waals surface area contributed by atoms with Crippen LogP contribution < -0.4 is 20.4 Å². The molecule has 2 radical (unpaired) electrons. The predicted molar refractivity (Wildman–Crippen MR) is 224 cm³/mol. The Balaban J connectivity index is 0. The molecule has 4 saturated heterocycles. The normalized spacial score (nSPS) is 26.5. The van der Waals surface area contributed by atoms with Crippen LogP contribution >= 0.6 is 0 Å². The number of hydrogen-bond donors (Lipinski definition) is 0. The Kier molecular flexibility index (Phi) is 22.8. The van der Waals surface area contributed by atoms with Crippen LogP contribution in [0.1, 0.15) is 53.4 Å². The first-order chi connectivity index (χ1) is 27.6. The van der Waals surface area contributed by atoms with Crippen molar-refractivity contribution in [2.24, 2.45) is 21.7 Å². The average Bonchev–Trinajstić information content (AvgIpc) is 4.02. The third-order valence-corrected chi connectivity index (χ3v) is 13.2. The number of benzene rings is 2. The van der Waals surface area contributed by atoms with Crippen molar-refractivity contribution < 1.29 is 116 Å². The molecular weight excluding hydrogens is 950 g/mol. The van der Waals surface area contributed by atoms with Crippen LogP contribution in [0, 0.1) is 21.7 Å². The number of rotatable bonds is 4. The van der Waals surface area contributed by atoms with Crippen molar-refractivity contribution in [3.05, 3.63) is 97.6 Å². The molecule has 4 aromatic heterocycles. The van der Waals surface area contributed by atoms with E-state index in [2.05, 4.69) is 68.5 Å². The fourth-order valence-electron chi connectivity index (χ4n) is 9.04. The van der Waals surface area contributed by atoms with Crippen molar-refractivity contribution in [3.63, 3.8) is 0 Å². The topological polar surface area (TPSA) is 420 Å². The molecule has 2 aromatic carbocycles. The number of hydrogen-bond acceptors (Lipinski definition) is 14. The van der Waals surface area contributed by atoms with Gasteiger partial charge in [-0.2, -0.15) is 0 Å². The summed E-state index contributed by atoms with van der Waals surface area (Å²) in [5, 5.41) is 49.2. The van der Waals surface area contributed by atoms with Gasteiger partial charge in [-0.1, -0.05) is 76.2 Å². The quantitative estimate of drug-likeness (QED) is 0.124. The van der Waals surface area contributed by atoms with Gasteiger partial charge in [0.1, 0.15) is 0 Å². The summed E-state index contributed by atoms with van der Waals surface area (Å²) in [5.74, 6) is -5.49. The molecule has 6 aromatic rings. The Labute approximate surface area is 399 Å². The SMILES string of the molecule is C[C@]1(C(=O)[O-])[C@@H]2CC[C@@H](O2)[C@@]1(C)C(=O)[O-].C[C@]1(C(=O)[O-])[C@@H]2CC[C@@H](O2)[C@@]1(C)C(=O)[O-].O.O.O.O.O.O.[Mn+2].[Mn+2].c1cnc2c(c1)ccc1cccnc12.c1cnc2c(c1)ccc1cccnc12. The minimum Gasteiger partial charge on any atom is -0.549 e. The van der Waals surface area contributed by atoms with Crippen LogP contribution in [-0.4, -0.2) is 101 Å². The van der Waals surface area contributed by atoms with Crippen molar-refractivity contribution in [1.29, 1.82) is 0 Å². The first kappa shape index (κ1) is 62.8. The van der Waals surface area contributed by atoms with Crippen LogP contribution in [0.2, 0.25) is 0 Å². The van der Waals surface area contributed by atoms with Gasteiger partial charge in [-0.25, -0.2) is 0 Å². The Morgan fingerprint density at radius 1 is 0.409 bits per heavy atom. The second-order valence-corrected chi connectivity index (χ2v) is 15.8. The molecule has 8 heterocycles. The molecule has 66 heavy (non-hydrogen) atoms. The molecular formula is C44H52Mn2N4O16. The van der Waals surface area contributed by atoms with Crippen LogP contribution in [0.4, 0.5) is 0 Å². The summed E-state index contributed by atoms with van der Waals surface area (Å²) in [6, 6.07) is 24.3. The Bertz CT molecular complexity index is 2260. The molecule has 4 aliphatic rings. The zero-order valence-electron chi connectivity index (χ0n) is 36.0. The van der Waals surface area contributed by atoms with E-state index in [1.165, 1.54) is 27.7 Å². The van der Waals surface area contributed by atoms with E-state index >= 15 is 0 Å². The minimum absolute atomic E-state index is 0. The standard InChI is InChI=1S/2C12H8N2.2C10H14O5.2Mn.6H2O/c2*1-3-9-5-6-10-4-2-8-14-12(10)11(9)13-7-1;2*1-9(7(11)12)5-3-4-6(15-5)10(9,2)8(13)14;;;;;;;;/h2*1-8H;2*5-6H,3-4H2,1-2H3,(H,11,12)(H,13,14);;;6*1H2/q;;;;2*+2;;;;;;/p-4/t;;2*5-,6+,9+,10-;;;;;;;;. The summed E-state index contributed by atoms with van der Waals surface area (Å²) < 4.78 is 10.8. The van der Waals surface area contributed by atoms with E-state index in [4.69, 9.17) is 9.47 Å². The molecule has 358 valence electrons. The molecule has 22 heteroatoms. The number of nitrogens with zero attached hydrogens (tertiary/aromatic N) is 4. The molecule has 8 atom stereocenters. The largest absolute Gasteiger partial charge is 2.00 e. The van der Waals surface area contributed by atoms with Gasteiger partial charge < -0.3 is 81.9 Å². The van der Waals surface area contributed by atoms with Gasteiger partial charge in [-0.15, -0.1) is 0 Å². The molecule has 0 aliphatic carbocycles. The molecule has 4 bridgehead atoms. The van der Waals surface area contributed by atoms with E-state index in [1.54, 1.807) is 24.8 Å². The van der Waals surface area contributed by atoms with E-state index in [9.17, 15) is 39.6 Å². The second-order valence-electron chi connectivity index (χ2n) is 15.8. The van der Waals surface area contributed by atoms with Crippen LogP contribution in [0.25, 0.3) is 43.6 Å². The van der Waals surface area contributed by atoms with E-state index < -0.39 is 70.0 Å². The van der Waals surface area contributed by atoms with Crippen LogP contribution in [0.5, 0.6) is 0 Å². The number of carboxylic acid groups (broad SMARTS) is 4. The maximum Gasteiger partial charge on any atom is 2.00 e. The van der Waals surface area contributed by atoms with Gasteiger partial charge >= 0.3 is 34.1 Å². The number of ether oxygens (including phenoxy) is 2. The predicted octanol–water partition coefficient (Wildman–Crippen LogP) is -3.27. The summed E-state index contributed by atoms with van der Waals surface area (Å²) in [6.07, 6.45) is 7.18. The molecule has 0 spiro atoms. The fourth-order valence-corrected chi connectivity index (χ4v) is 9.04. The first-order valence-corrected chi connectivity index (χ1v) is 18.9. The maximum atomic E-state index is 11.2. The number of carbonyl (C=O) groups excluding carboxylic acids is 4. The second kappa shape index (κ2) is 23.9. The van der Waals surface area contributed by atoms with Crippen molar-refractivity contribution >= 4 is 67.5 Å². The number of carbonyl (C=O) groups is 4. The van der Waals surface area contributed by atoms with Crippen LogP contribution in [0.15, 0.2) is 97.6 Å². The monoisotopic (exact) mass is 1000 g/mol. The smallest absolute Gasteiger partial charge is 0.549 e. The summed E-state index contributed by atoms with van der Waals surface area (Å²) in [4.78, 5) is 62.0. The van der Waals surface area contributed by atoms with E-state index in [0.717, 1.165) is 43.6 Å². The summed E-state index contributed by atoms with van der Waals surface area (Å²) >= 11 is 0. The number of carboxylic acids is 4. The van der Waals surface area contributed by atoms with Gasteiger partial charge in [0.15, 0.2) is 0 Å². The number of fused-ring (bicyclic) bond motifs is 10. The zero-order chi connectivity index (χ0) is 41.6. The number of aliphatic carboxylic acids is 4. The van der Waals surface area contributed by atoms with E-state index in [0.29, 0.717) is 25.7 Å². The molecule has 20 nitrogen and oxygen atoms in total. The van der Waals surface area contributed by atoms with Gasteiger partial charge in [0.05, 0.1) is 70.4 Å². The Morgan fingerprint density at radius 2 is 0.591 bits per heavy atom. The third kappa shape index (κ3) is 9.86. The first-order valence-electron chi connectivity index (χ1n) is 18.9. The maximum absolute atomic E-state index is 11.2. The van der Waals surface area contributed by atoms with Crippen molar-refractivity contribution in [2.75, 3.05) is 0 Å². The van der Waals surface area contributed by atoms with Gasteiger partial charge in [0.2, 0.25) is 0 Å². The van der Waals surface area contributed by atoms with Crippen molar-refractivity contribution in [2.45, 2.75) is 77.8 Å². The molecule has 0 saturated carbocycles. The molecule has 10 rings (SSSR count). The van der Waals surface area contributed by atoms with Crippen LogP contribution in [0.3, 0.4) is 0 Å². The third-order valence-electron chi connectivity index (χ3n) is 13.2. The molecule has 4 aliphatic heterocycles. The number of aromatic nitrogens is 4. The van der Waals surface area contributed by atoms with Gasteiger partial charge in [-0.05, 0) is 49.9 Å². The van der Waals surface area contributed by atoms with E-state index in [-0.39, 0.29) is 67.0 Å². The fraction of sp³-hybridized carbons (Fsp3) is 0.364. The molecule has 0 unspecified atom stereocenters. The molecule has 12 N–H and O–H groups in total. The number of pyridine rings is 4. The van der Waals surface area contributed by atoms with Crippen LogP contribution in [-0.2, 0) is 62.8 Å².